The Morgan fingerprint density at radius 3 is 2.74 bits per heavy atom. The molecule has 2 amide bonds. The van der Waals surface area contributed by atoms with Gasteiger partial charge in [0.1, 0.15) is 11.9 Å². The lowest BCUT2D eigenvalue weighted by Crippen LogP contribution is -2.33. The van der Waals surface area contributed by atoms with Crippen LogP contribution < -0.4 is 10.6 Å². The summed E-state index contributed by atoms with van der Waals surface area (Å²) >= 11 is 0. The molecule has 0 aromatic carbocycles. The second kappa shape index (κ2) is 8.11. The molecule has 0 radical (unpaired) electrons. The zero-order chi connectivity index (χ0) is 22.4. The van der Waals surface area contributed by atoms with Gasteiger partial charge in [-0.15, -0.1) is 0 Å². The molecule has 8 heteroatoms. The number of hydrogen-bond acceptors (Lipinski definition) is 5. The molecule has 1 saturated heterocycles. The molecule has 2 aliphatic carbocycles. The standard InChI is InChI=1S/C23H36N4O4/c1-14(2)24-21(29)31-16-7-6-15(10-16)18-11-19(27(26-18)22(3,4)5)25-20(28)17-12-23(17)8-9-30-13-23/h11,14-17H,6-10,12-13H2,1-5H3,(H,24,29)(H,25,28)/t15-,16+,17?,23?/m0/s1. The highest BCUT2D eigenvalue weighted by Gasteiger charge is 2.60. The maximum Gasteiger partial charge on any atom is 0.407 e. The van der Waals surface area contributed by atoms with E-state index in [9.17, 15) is 9.59 Å². The summed E-state index contributed by atoms with van der Waals surface area (Å²) in [4.78, 5) is 24.9. The quantitative estimate of drug-likeness (QED) is 0.739. The van der Waals surface area contributed by atoms with Gasteiger partial charge in [0, 0.05) is 36.0 Å². The van der Waals surface area contributed by atoms with Crippen LogP contribution in [0.25, 0.3) is 0 Å². The number of anilines is 1. The molecule has 31 heavy (non-hydrogen) atoms. The highest BCUT2D eigenvalue weighted by molar-refractivity contribution is 5.94. The first-order chi connectivity index (χ1) is 14.6. The van der Waals surface area contributed by atoms with Crippen LogP contribution in [0.4, 0.5) is 10.6 Å². The minimum Gasteiger partial charge on any atom is -0.446 e. The van der Waals surface area contributed by atoms with Gasteiger partial charge >= 0.3 is 6.09 Å². The Labute approximate surface area is 184 Å². The number of carbonyl (C=O) groups excluding carboxylic acids is 2. The SMILES string of the molecule is CC(C)NC(=O)O[C@@H]1CC[C@H](c2cc(NC(=O)C3CC34CCOC4)n(C(C)(C)C)n2)C1. The average molecular weight is 433 g/mol. The number of rotatable bonds is 5. The molecule has 2 heterocycles. The molecule has 0 bridgehead atoms. The minimum atomic E-state index is -0.358. The van der Waals surface area contributed by atoms with Crippen LogP contribution in [0.1, 0.15) is 78.3 Å². The Morgan fingerprint density at radius 1 is 1.32 bits per heavy atom. The van der Waals surface area contributed by atoms with Gasteiger partial charge in [-0.05, 0) is 66.7 Å². The average Bonchev–Trinajstić information content (AvgIpc) is 3.04. The number of nitrogens with one attached hydrogen (secondary N) is 2. The number of carbonyl (C=O) groups is 2. The molecule has 1 aromatic heterocycles. The van der Waals surface area contributed by atoms with E-state index in [0.717, 1.165) is 50.2 Å². The molecule has 172 valence electrons. The van der Waals surface area contributed by atoms with Crippen molar-refractivity contribution in [2.24, 2.45) is 11.3 Å². The first-order valence-electron chi connectivity index (χ1n) is 11.5. The Morgan fingerprint density at radius 2 is 2.10 bits per heavy atom. The summed E-state index contributed by atoms with van der Waals surface area (Å²) in [6.07, 6.45) is 3.92. The second-order valence-electron chi connectivity index (χ2n) is 10.8. The van der Waals surface area contributed by atoms with E-state index in [0.29, 0.717) is 6.61 Å². The Bertz CT molecular complexity index is 835. The zero-order valence-electron chi connectivity index (χ0n) is 19.4. The lowest BCUT2D eigenvalue weighted by molar-refractivity contribution is -0.118. The molecule has 1 aliphatic heterocycles. The van der Waals surface area contributed by atoms with Crippen molar-refractivity contribution in [3.8, 4) is 0 Å². The topological polar surface area (TPSA) is 94.5 Å². The fourth-order valence-corrected chi connectivity index (χ4v) is 4.93. The van der Waals surface area contributed by atoms with Crippen LogP contribution in [0.2, 0.25) is 0 Å². The Kier molecular flexibility index (Phi) is 5.79. The molecular weight excluding hydrogens is 396 g/mol. The molecule has 2 saturated carbocycles. The summed E-state index contributed by atoms with van der Waals surface area (Å²) < 4.78 is 13.0. The molecule has 2 unspecified atom stereocenters. The Hall–Kier alpha value is -2.09. The van der Waals surface area contributed by atoms with Crippen LogP contribution in [0.15, 0.2) is 6.07 Å². The predicted octanol–water partition coefficient (Wildman–Crippen LogP) is 3.77. The molecule has 4 rings (SSSR count). The van der Waals surface area contributed by atoms with Crippen LogP contribution >= 0.6 is 0 Å². The maximum atomic E-state index is 12.9. The van der Waals surface area contributed by atoms with E-state index in [1.165, 1.54) is 0 Å². The maximum absolute atomic E-state index is 12.9. The molecule has 1 spiro atoms. The molecule has 3 fully saturated rings. The van der Waals surface area contributed by atoms with E-state index in [4.69, 9.17) is 14.6 Å². The molecule has 1 aromatic rings. The second-order valence-corrected chi connectivity index (χ2v) is 10.8. The van der Waals surface area contributed by atoms with Crippen molar-refractivity contribution in [3.63, 3.8) is 0 Å². The molecule has 4 atom stereocenters. The van der Waals surface area contributed by atoms with Crippen molar-refractivity contribution < 1.29 is 19.1 Å². The molecule has 8 nitrogen and oxygen atoms in total. The molecule has 3 aliphatic rings. The summed E-state index contributed by atoms with van der Waals surface area (Å²) in [5.41, 5.74) is 0.756. The number of hydrogen-bond donors (Lipinski definition) is 2. The number of aromatic nitrogens is 2. The third-order valence-electron chi connectivity index (χ3n) is 6.74. The van der Waals surface area contributed by atoms with E-state index < -0.39 is 0 Å². The normalized spacial score (nSPS) is 30.1. The summed E-state index contributed by atoms with van der Waals surface area (Å²) in [5, 5.41) is 10.8. The molecule has 2 N–H and O–H groups in total. The van der Waals surface area contributed by atoms with Crippen molar-refractivity contribution in [3.05, 3.63) is 11.8 Å². The van der Waals surface area contributed by atoms with Gasteiger partial charge in [0.2, 0.25) is 5.91 Å². The monoisotopic (exact) mass is 432 g/mol. The van der Waals surface area contributed by atoms with Gasteiger partial charge in [-0.1, -0.05) is 0 Å². The van der Waals surface area contributed by atoms with E-state index >= 15 is 0 Å². The van der Waals surface area contributed by atoms with Gasteiger partial charge in [0.15, 0.2) is 0 Å². The van der Waals surface area contributed by atoms with Gasteiger partial charge in [-0.2, -0.15) is 5.10 Å². The summed E-state index contributed by atoms with van der Waals surface area (Å²) in [7, 11) is 0. The van der Waals surface area contributed by atoms with E-state index in [-0.39, 0.29) is 46.9 Å². The van der Waals surface area contributed by atoms with Crippen LogP contribution in [0.3, 0.4) is 0 Å². The first kappa shape index (κ1) is 22.1. The highest BCUT2D eigenvalue weighted by atomic mass is 16.6. The van der Waals surface area contributed by atoms with Gasteiger partial charge < -0.3 is 20.1 Å². The fraction of sp³-hybridized carbons (Fsp3) is 0.783. The summed E-state index contributed by atoms with van der Waals surface area (Å²) in [6, 6.07) is 2.06. The lowest BCUT2D eigenvalue weighted by Gasteiger charge is -2.22. The predicted molar refractivity (Wildman–Crippen MR) is 117 cm³/mol. The van der Waals surface area contributed by atoms with E-state index in [1.54, 1.807) is 0 Å². The van der Waals surface area contributed by atoms with Crippen LogP contribution in [-0.2, 0) is 19.8 Å². The van der Waals surface area contributed by atoms with Gasteiger partial charge in [0.25, 0.3) is 0 Å². The third kappa shape index (κ3) is 4.73. The van der Waals surface area contributed by atoms with Gasteiger partial charge in [0.05, 0.1) is 17.8 Å². The van der Waals surface area contributed by atoms with Crippen molar-refractivity contribution in [2.45, 2.75) is 90.3 Å². The highest BCUT2D eigenvalue weighted by Crippen LogP contribution is 2.58. The Balaban J connectivity index is 1.43. The number of amides is 2. The van der Waals surface area contributed by atoms with E-state index in [1.807, 2.05) is 24.6 Å². The van der Waals surface area contributed by atoms with Crippen LogP contribution in [0, 0.1) is 11.3 Å². The lowest BCUT2D eigenvalue weighted by atomic mass is 10.0. The van der Waals surface area contributed by atoms with Crippen LogP contribution in [-0.4, -0.2) is 47.1 Å². The number of nitrogens with zero attached hydrogens (tertiary/aromatic N) is 2. The smallest absolute Gasteiger partial charge is 0.407 e. The minimum absolute atomic E-state index is 0.0329. The first-order valence-corrected chi connectivity index (χ1v) is 11.5. The van der Waals surface area contributed by atoms with Crippen molar-refractivity contribution in [1.82, 2.24) is 15.1 Å². The fourth-order valence-electron chi connectivity index (χ4n) is 4.93. The number of ether oxygens (including phenoxy) is 2. The molecular formula is C23H36N4O4. The third-order valence-corrected chi connectivity index (χ3v) is 6.74. The van der Waals surface area contributed by atoms with Crippen molar-refractivity contribution in [2.75, 3.05) is 18.5 Å². The van der Waals surface area contributed by atoms with Gasteiger partial charge in [-0.3, -0.25) is 4.79 Å². The van der Waals surface area contributed by atoms with Crippen molar-refractivity contribution >= 4 is 17.8 Å². The summed E-state index contributed by atoms with van der Waals surface area (Å²) in [5.74, 6) is 1.06. The largest absolute Gasteiger partial charge is 0.446 e. The van der Waals surface area contributed by atoms with Crippen molar-refractivity contribution in [1.29, 1.82) is 0 Å². The number of alkyl carbamates (subject to hydrolysis) is 1. The van der Waals surface area contributed by atoms with Gasteiger partial charge in [-0.25, -0.2) is 9.48 Å². The van der Waals surface area contributed by atoms with Crippen LogP contribution in [0.5, 0.6) is 0 Å². The zero-order valence-corrected chi connectivity index (χ0v) is 19.4. The van der Waals surface area contributed by atoms with E-state index in [2.05, 4.69) is 31.4 Å². The summed E-state index contributed by atoms with van der Waals surface area (Å²) in [6.45, 7) is 11.5.